The van der Waals surface area contributed by atoms with Crippen LogP contribution in [0.25, 0.3) is 5.76 Å². The number of aliphatic hydroxyl groups is 1. The highest BCUT2D eigenvalue weighted by atomic mass is 19.4. The number of anilines is 1. The van der Waals surface area contributed by atoms with Crippen LogP contribution >= 0.6 is 0 Å². The summed E-state index contributed by atoms with van der Waals surface area (Å²) in [4.78, 5) is 27.3. The van der Waals surface area contributed by atoms with Crippen LogP contribution in [0, 0.1) is 6.92 Å². The van der Waals surface area contributed by atoms with Gasteiger partial charge in [0.1, 0.15) is 17.3 Å². The summed E-state index contributed by atoms with van der Waals surface area (Å²) in [6.45, 7) is 4.02. The number of benzene rings is 3. The molecule has 1 aliphatic heterocycles. The summed E-state index contributed by atoms with van der Waals surface area (Å²) in [5, 5.41) is 21.2. The fraction of sp³-hybridized carbons (Fsp3) is 0.185. The molecule has 1 fully saturated rings. The molecule has 6 nitrogen and oxygen atoms in total. The number of phenols is 1. The molecule has 9 heteroatoms. The zero-order valence-electron chi connectivity index (χ0n) is 19.3. The van der Waals surface area contributed by atoms with E-state index in [0.29, 0.717) is 23.5 Å². The number of aromatic hydroxyl groups is 1. The van der Waals surface area contributed by atoms with Crippen molar-refractivity contribution in [2.75, 3.05) is 11.5 Å². The fourth-order valence-electron chi connectivity index (χ4n) is 4.19. The van der Waals surface area contributed by atoms with Crippen LogP contribution in [-0.4, -0.2) is 28.5 Å². The molecule has 3 aromatic carbocycles. The molecule has 186 valence electrons. The molecule has 2 N–H and O–H groups in total. The first kappa shape index (κ1) is 24.8. The van der Waals surface area contributed by atoms with Gasteiger partial charge in [-0.3, -0.25) is 14.5 Å². The molecule has 1 atom stereocenters. The highest BCUT2D eigenvalue weighted by molar-refractivity contribution is 6.51. The lowest BCUT2D eigenvalue weighted by Gasteiger charge is -2.26. The minimum absolute atomic E-state index is 0.0281. The van der Waals surface area contributed by atoms with Gasteiger partial charge in [0.15, 0.2) is 0 Å². The number of phenolic OH excluding ortho intramolecular Hbond substituents is 1. The molecule has 1 unspecified atom stereocenters. The van der Waals surface area contributed by atoms with Crippen LogP contribution in [0.3, 0.4) is 0 Å². The van der Waals surface area contributed by atoms with Crippen molar-refractivity contribution in [3.8, 4) is 11.5 Å². The molecule has 0 saturated carbocycles. The summed E-state index contributed by atoms with van der Waals surface area (Å²) in [7, 11) is 0. The first-order chi connectivity index (χ1) is 17.0. The van der Waals surface area contributed by atoms with Crippen LogP contribution in [0.1, 0.15) is 35.2 Å². The second kappa shape index (κ2) is 9.41. The number of rotatable bonds is 5. The quantitative estimate of drug-likeness (QED) is 0.267. The van der Waals surface area contributed by atoms with Crippen LogP contribution in [0.4, 0.5) is 18.9 Å². The number of ketones is 1. The first-order valence-corrected chi connectivity index (χ1v) is 11.0. The zero-order chi connectivity index (χ0) is 26.2. The third kappa shape index (κ3) is 4.51. The van der Waals surface area contributed by atoms with Gasteiger partial charge in [-0.15, -0.1) is 0 Å². The lowest BCUT2D eigenvalue weighted by molar-refractivity contribution is -0.137. The van der Waals surface area contributed by atoms with E-state index in [-0.39, 0.29) is 22.6 Å². The summed E-state index contributed by atoms with van der Waals surface area (Å²) in [5.74, 6) is -2.05. The number of alkyl halides is 3. The van der Waals surface area contributed by atoms with Gasteiger partial charge in [-0.05, 0) is 79.6 Å². The molecule has 3 aromatic rings. The predicted octanol–water partition coefficient (Wildman–Crippen LogP) is 5.74. The number of carbonyl (C=O) groups is 2. The first-order valence-electron chi connectivity index (χ1n) is 11.0. The van der Waals surface area contributed by atoms with Gasteiger partial charge in [0.25, 0.3) is 11.7 Å². The van der Waals surface area contributed by atoms with Crippen molar-refractivity contribution < 1.29 is 37.7 Å². The Labute approximate surface area is 204 Å². The number of aliphatic hydroxyl groups excluding tert-OH is 1. The Kier molecular flexibility index (Phi) is 6.49. The van der Waals surface area contributed by atoms with Crippen LogP contribution in [0.2, 0.25) is 0 Å². The molecular weight excluding hydrogens is 475 g/mol. The van der Waals surface area contributed by atoms with E-state index in [1.807, 2.05) is 6.92 Å². The van der Waals surface area contributed by atoms with Crippen molar-refractivity contribution in [1.82, 2.24) is 0 Å². The number of hydrogen-bond acceptors (Lipinski definition) is 5. The van der Waals surface area contributed by atoms with Crippen LogP contribution in [0.5, 0.6) is 11.5 Å². The molecule has 1 saturated heterocycles. The molecule has 0 spiro atoms. The zero-order valence-corrected chi connectivity index (χ0v) is 19.3. The van der Waals surface area contributed by atoms with Crippen LogP contribution in [0.15, 0.2) is 72.3 Å². The number of Topliss-reactive ketones (excluding diaryl/α,β-unsaturated/α-hetero) is 1. The molecule has 1 amide bonds. The van der Waals surface area contributed by atoms with Crippen molar-refractivity contribution in [3.63, 3.8) is 0 Å². The molecule has 1 aliphatic rings. The average Bonchev–Trinajstić information content (AvgIpc) is 3.10. The Hall–Kier alpha value is -4.27. The van der Waals surface area contributed by atoms with Crippen molar-refractivity contribution in [2.45, 2.75) is 26.1 Å². The van der Waals surface area contributed by atoms with E-state index in [9.17, 15) is 33.0 Å². The van der Waals surface area contributed by atoms with E-state index in [0.717, 1.165) is 29.2 Å². The van der Waals surface area contributed by atoms with E-state index in [4.69, 9.17) is 4.74 Å². The van der Waals surface area contributed by atoms with E-state index < -0.39 is 35.2 Å². The molecule has 0 aromatic heterocycles. The smallest absolute Gasteiger partial charge is 0.416 e. The van der Waals surface area contributed by atoms with Gasteiger partial charge in [0.2, 0.25) is 0 Å². The normalized spacial score (nSPS) is 17.5. The summed E-state index contributed by atoms with van der Waals surface area (Å²) < 4.78 is 44.7. The lowest BCUT2D eigenvalue weighted by Crippen LogP contribution is -2.29. The molecular formula is C27H22F3NO5. The third-order valence-corrected chi connectivity index (χ3v) is 5.85. The number of aryl methyl sites for hydroxylation is 1. The number of carbonyl (C=O) groups excluding carboxylic acids is 2. The van der Waals surface area contributed by atoms with Crippen molar-refractivity contribution >= 4 is 23.1 Å². The van der Waals surface area contributed by atoms with Crippen molar-refractivity contribution in [1.29, 1.82) is 0 Å². The topological polar surface area (TPSA) is 87.1 Å². The number of nitrogens with zero attached hydrogens (tertiary/aromatic N) is 1. The van der Waals surface area contributed by atoms with Crippen molar-refractivity contribution in [2.24, 2.45) is 0 Å². The predicted molar refractivity (Wildman–Crippen MR) is 127 cm³/mol. The maximum Gasteiger partial charge on any atom is 0.416 e. The molecule has 1 heterocycles. The van der Waals surface area contributed by atoms with Gasteiger partial charge >= 0.3 is 6.18 Å². The highest BCUT2D eigenvalue weighted by Crippen LogP contribution is 2.43. The number of halogens is 3. The number of hydrogen-bond donors (Lipinski definition) is 2. The monoisotopic (exact) mass is 497 g/mol. The van der Waals surface area contributed by atoms with Gasteiger partial charge in [-0.25, -0.2) is 0 Å². The molecule has 0 radical (unpaired) electrons. The SMILES string of the molecule is CCOc1ccc(/C(O)=C2/C(=O)C(=O)N(c3ccc(C(F)(F)F)cc3)C2c2cccc(O)c2)cc1C. The maximum absolute atomic E-state index is 13.2. The summed E-state index contributed by atoms with van der Waals surface area (Å²) in [6.07, 6.45) is -4.58. The molecule has 0 aliphatic carbocycles. The highest BCUT2D eigenvalue weighted by Gasteiger charge is 2.47. The fourth-order valence-corrected chi connectivity index (χ4v) is 4.19. The lowest BCUT2D eigenvalue weighted by atomic mass is 9.94. The Morgan fingerprint density at radius 3 is 2.31 bits per heavy atom. The van der Waals surface area contributed by atoms with Gasteiger partial charge < -0.3 is 14.9 Å². The van der Waals surface area contributed by atoms with Crippen molar-refractivity contribution in [3.05, 3.63) is 94.6 Å². The second-order valence-electron chi connectivity index (χ2n) is 8.22. The Balaban J connectivity index is 1.89. The van der Waals surface area contributed by atoms with E-state index in [1.54, 1.807) is 31.2 Å². The molecule has 0 bridgehead atoms. The largest absolute Gasteiger partial charge is 0.508 e. The molecule has 36 heavy (non-hydrogen) atoms. The van der Waals surface area contributed by atoms with Gasteiger partial charge in [0, 0.05) is 11.3 Å². The Bertz CT molecular complexity index is 1360. The van der Waals surface area contributed by atoms with Gasteiger partial charge in [0.05, 0.1) is 23.8 Å². The number of ether oxygens (including phenoxy) is 1. The van der Waals surface area contributed by atoms with Gasteiger partial charge in [-0.1, -0.05) is 12.1 Å². The van der Waals surface area contributed by atoms with Gasteiger partial charge in [-0.2, -0.15) is 13.2 Å². The third-order valence-electron chi connectivity index (χ3n) is 5.85. The Morgan fingerprint density at radius 1 is 1.03 bits per heavy atom. The molecule has 4 rings (SSSR count). The van der Waals surface area contributed by atoms with E-state index >= 15 is 0 Å². The maximum atomic E-state index is 13.2. The van der Waals surface area contributed by atoms with Crippen LogP contribution in [-0.2, 0) is 15.8 Å². The average molecular weight is 497 g/mol. The minimum Gasteiger partial charge on any atom is -0.508 e. The van der Waals surface area contributed by atoms with E-state index in [1.165, 1.54) is 18.2 Å². The minimum atomic E-state index is -4.58. The van der Waals surface area contributed by atoms with E-state index in [2.05, 4.69) is 0 Å². The Morgan fingerprint density at radius 2 is 1.72 bits per heavy atom. The number of amides is 1. The standard InChI is InChI=1S/C27H22F3NO5/c1-3-36-21-12-7-17(13-15(21)2)24(33)22-23(16-5-4-6-20(32)14-16)31(26(35)25(22)34)19-10-8-18(9-11-19)27(28,29)30/h4-14,23,32-33H,3H2,1-2H3/b24-22-. The van der Waals surface area contributed by atoms with Crippen LogP contribution < -0.4 is 9.64 Å². The second-order valence-corrected chi connectivity index (χ2v) is 8.22. The summed E-state index contributed by atoms with van der Waals surface area (Å²) in [5.41, 5.74) is 0.0904. The summed E-state index contributed by atoms with van der Waals surface area (Å²) in [6, 6.07) is 13.1. The summed E-state index contributed by atoms with van der Waals surface area (Å²) >= 11 is 0.